The van der Waals surface area contributed by atoms with Gasteiger partial charge in [0, 0.05) is 22.1 Å². The Kier molecular flexibility index (Phi) is 8.31. The maximum atomic E-state index is 5.10. The summed E-state index contributed by atoms with van der Waals surface area (Å²) in [6.45, 7) is 9.64. The van der Waals surface area contributed by atoms with E-state index >= 15 is 0 Å². The molecule has 0 atom stereocenters. The summed E-state index contributed by atoms with van der Waals surface area (Å²) < 4.78 is 0. The number of nitrogens with zero attached hydrogens (tertiary/aromatic N) is 3. The molecule has 2 aliphatic carbocycles. The summed E-state index contributed by atoms with van der Waals surface area (Å²) in [6.07, 6.45) is 8.57. The number of benzene rings is 6. The third-order valence-electron chi connectivity index (χ3n) is 11.9. The van der Waals surface area contributed by atoms with Crippen LogP contribution in [-0.2, 0) is 10.8 Å². The van der Waals surface area contributed by atoms with Crippen LogP contribution in [0.4, 0.5) is 0 Å². The Balaban J connectivity index is 1.16. The lowest BCUT2D eigenvalue weighted by Gasteiger charge is -2.49. The van der Waals surface area contributed by atoms with Gasteiger partial charge in [-0.05, 0) is 86.0 Å². The Bertz CT molecular complexity index is 2590. The van der Waals surface area contributed by atoms with Crippen LogP contribution in [0.5, 0.6) is 0 Å². The molecule has 0 amide bonds. The number of allylic oxidation sites excluding steroid dienone is 4. The Hall–Kier alpha value is -6.19. The van der Waals surface area contributed by atoms with E-state index < -0.39 is 0 Å². The fourth-order valence-electron chi connectivity index (χ4n) is 8.37. The van der Waals surface area contributed by atoms with E-state index in [1.54, 1.807) is 0 Å². The first-order chi connectivity index (χ1) is 26.3. The molecular formula is C51H43N3. The lowest BCUT2D eigenvalue weighted by molar-refractivity contribution is 0.300. The smallest absolute Gasteiger partial charge is 0.164 e. The van der Waals surface area contributed by atoms with Gasteiger partial charge in [-0.15, -0.1) is 0 Å². The van der Waals surface area contributed by atoms with Crippen molar-refractivity contribution in [1.29, 1.82) is 0 Å². The molecule has 3 nitrogen and oxygen atoms in total. The zero-order valence-electron chi connectivity index (χ0n) is 31.3. The first-order valence-electron chi connectivity index (χ1n) is 19.0. The molecule has 0 N–H and O–H groups in total. The predicted octanol–water partition coefficient (Wildman–Crippen LogP) is 13.2. The lowest BCUT2D eigenvalue weighted by Crippen LogP contribution is -2.44. The standard InChI is InChI=1S/C51H43N3/c1-50(2)45-31-30-38(33-44(45)42-29-17-28-41(46(42)51(50,3)4)34-18-8-5-9-19-34)37-24-16-25-39(32-37)40-26-14-15-27-43(40)49-53-47(35-20-10-6-11-21-35)52-48(54-49)36-22-12-7-13-23-36/h5-6,8-12,14-33H,7,13H2,1-4H3. The highest BCUT2D eigenvalue weighted by Crippen LogP contribution is 2.56. The van der Waals surface area contributed by atoms with E-state index in [1.807, 2.05) is 18.2 Å². The fraction of sp³-hybridized carbons (Fsp3) is 0.157. The van der Waals surface area contributed by atoms with E-state index in [0.717, 1.165) is 40.7 Å². The van der Waals surface area contributed by atoms with Gasteiger partial charge in [0.15, 0.2) is 17.5 Å². The van der Waals surface area contributed by atoms with E-state index in [4.69, 9.17) is 15.0 Å². The summed E-state index contributed by atoms with van der Waals surface area (Å²) in [5, 5.41) is 0. The average Bonchev–Trinajstić information content (AvgIpc) is 3.23. The van der Waals surface area contributed by atoms with Crippen molar-refractivity contribution in [3.8, 4) is 67.3 Å². The molecule has 0 unspecified atom stereocenters. The normalized spacial score (nSPS) is 15.2. The molecule has 262 valence electrons. The molecule has 0 fully saturated rings. The minimum Gasteiger partial charge on any atom is -0.208 e. The average molecular weight is 698 g/mol. The van der Waals surface area contributed by atoms with Crippen molar-refractivity contribution < 1.29 is 0 Å². The van der Waals surface area contributed by atoms with Crippen molar-refractivity contribution in [2.24, 2.45) is 0 Å². The van der Waals surface area contributed by atoms with E-state index in [-0.39, 0.29) is 10.8 Å². The summed E-state index contributed by atoms with van der Waals surface area (Å²) in [4.78, 5) is 15.1. The van der Waals surface area contributed by atoms with Gasteiger partial charge in [-0.2, -0.15) is 0 Å². The van der Waals surface area contributed by atoms with Crippen LogP contribution in [0, 0.1) is 0 Å². The number of rotatable bonds is 6. The molecular weight excluding hydrogens is 655 g/mol. The van der Waals surface area contributed by atoms with Gasteiger partial charge in [0.25, 0.3) is 0 Å². The van der Waals surface area contributed by atoms with Crippen LogP contribution in [0.25, 0.3) is 72.9 Å². The quantitative estimate of drug-likeness (QED) is 0.174. The van der Waals surface area contributed by atoms with Crippen LogP contribution >= 0.6 is 0 Å². The van der Waals surface area contributed by atoms with Crippen molar-refractivity contribution in [3.63, 3.8) is 0 Å². The maximum Gasteiger partial charge on any atom is 0.164 e. The Morgan fingerprint density at radius 2 is 1.00 bits per heavy atom. The highest BCUT2D eigenvalue weighted by Gasteiger charge is 2.47. The maximum absolute atomic E-state index is 5.10. The molecule has 7 aromatic rings. The van der Waals surface area contributed by atoms with E-state index in [1.165, 1.54) is 44.5 Å². The zero-order valence-corrected chi connectivity index (χ0v) is 31.3. The van der Waals surface area contributed by atoms with E-state index in [2.05, 4.69) is 173 Å². The van der Waals surface area contributed by atoms with E-state index in [0.29, 0.717) is 17.5 Å². The summed E-state index contributed by atoms with van der Waals surface area (Å²) >= 11 is 0. The first-order valence-corrected chi connectivity index (χ1v) is 19.0. The van der Waals surface area contributed by atoms with Gasteiger partial charge in [0.1, 0.15) is 0 Å². The molecule has 54 heavy (non-hydrogen) atoms. The van der Waals surface area contributed by atoms with Gasteiger partial charge in [-0.25, -0.2) is 15.0 Å². The van der Waals surface area contributed by atoms with Crippen LogP contribution in [0.2, 0.25) is 0 Å². The van der Waals surface area contributed by atoms with Crippen molar-refractivity contribution in [3.05, 3.63) is 181 Å². The molecule has 1 heterocycles. The summed E-state index contributed by atoms with van der Waals surface area (Å²) in [6, 6.07) is 52.4. The van der Waals surface area contributed by atoms with Crippen molar-refractivity contribution in [2.75, 3.05) is 0 Å². The van der Waals surface area contributed by atoms with Crippen LogP contribution < -0.4 is 0 Å². The Labute approximate surface area is 318 Å². The Morgan fingerprint density at radius 3 is 1.76 bits per heavy atom. The largest absolute Gasteiger partial charge is 0.208 e. The number of fused-ring (bicyclic) bond motifs is 3. The number of hydrogen-bond acceptors (Lipinski definition) is 3. The molecule has 0 bridgehead atoms. The topological polar surface area (TPSA) is 38.7 Å². The van der Waals surface area contributed by atoms with Gasteiger partial charge >= 0.3 is 0 Å². The third-order valence-corrected chi connectivity index (χ3v) is 11.9. The molecule has 2 aliphatic rings. The summed E-state index contributed by atoms with van der Waals surface area (Å²) in [5.41, 5.74) is 15.4. The number of aromatic nitrogens is 3. The summed E-state index contributed by atoms with van der Waals surface area (Å²) in [7, 11) is 0. The van der Waals surface area contributed by atoms with Crippen molar-refractivity contribution >= 4 is 5.57 Å². The molecule has 0 aliphatic heterocycles. The van der Waals surface area contributed by atoms with Gasteiger partial charge in [0.2, 0.25) is 0 Å². The lowest BCUT2D eigenvalue weighted by atomic mass is 9.54. The Morgan fingerprint density at radius 1 is 0.407 bits per heavy atom. The van der Waals surface area contributed by atoms with Gasteiger partial charge in [-0.1, -0.05) is 179 Å². The predicted molar refractivity (Wildman–Crippen MR) is 225 cm³/mol. The second-order valence-corrected chi connectivity index (χ2v) is 15.5. The van der Waals surface area contributed by atoms with Gasteiger partial charge in [-0.3, -0.25) is 0 Å². The first kappa shape index (κ1) is 33.6. The van der Waals surface area contributed by atoms with Gasteiger partial charge < -0.3 is 0 Å². The second-order valence-electron chi connectivity index (χ2n) is 15.5. The highest BCUT2D eigenvalue weighted by atomic mass is 15.0. The van der Waals surface area contributed by atoms with E-state index in [9.17, 15) is 0 Å². The fourth-order valence-corrected chi connectivity index (χ4v) is 8.37. The van der Waals surface area contributed by atoms with Crippen molar-refractivity contribution in [2.45, 2.75) is 51.4 Å². The van der Waals surface area contributed by atoms with Crippen LogP contribution in [0.3, 0.4) is 0 Å². The molecule has 0 saturated carbocycles. The SMILES string of the molecule is CC1(C)c2ccc(-c3cccc(-c4ccccc4-c4nc(C5=CCCC=C5)nc(-c5ccccc5)n4)c3)cc2-c2cccc(-c3ccccc3)c2C1(C)C. The molecule has 0 radical (unpaired) electrons. The summed E-state index contributed by atoms with van der Waals surface area (Å²) in [5.74, 6) is 2.05. The molecule has 0 saturated heterocycles. The molecule has 1 aromatic heterocycles. The van der Waals surface area contributed by atoms with Crippen LogP contribution in [0.15, 0.2) is 164 Å². The zero-order chi connectivity index (χ0) is 36.9. The molecule has 0 spiro atoms. The van der Waals surface area contributed by atoms with Crippen LogP contribution in [-0.4, -0.2) is 15.0 Å². The molecule has 6 aromatic carbocycles. The molecule has 9 rings (SSSR count). The van der Waals surface area contributed by atoms with Crippen molar-refractivity contribution in [1.82, 2.24) is 15.0 Å². The minimum atomic E-state index is -0.0923. The van der Waals surface area contributed by atoms with Gasteiger partial charge in [0.05, 0.1) is 0 Å². The highest BCUT2D eigenvalue weighted by molar-refractivity contribution is 5.89. The number of hydrogen-bond donors (Lipinski definition) is 0. The molecule has 3 heteroatoms. The second kappa shape index (κ2) is 13.3. The monoisotopic (exact) mass is 697 g/mol. The third kappa shape index (κ3) is 5.72. The minimum absolute atomic E-state index is 0.0913. The van der Waals surface area contributed by atoms with Crippen LogP contribution in [0.1, 0.15) is 57.5 Å².